The Hall–Kier alpha value is -2.32. The number of likely N-dealkylation sites (tertiary alicyclic amines) is 1. The van der Waals surface area contributed by atoms with Crippen molar-refractivity contribution in [2.45, 2.75) is 63.5 Å². The number of piperidine rings is 1. The van der Waals surface area contributed by atoms with E-state index in [4.69, 9.17) is 16.2 Å². The molecule has 1 aliphatic heterocycles. The third kappa shape index (κ3) is 4.04. The second-order valence-corrected chi connectivity index (χ2v) is 8.42. The van der Waals surface area contributed by atoms with Crippen LogP contribution in [0.1, 0.15) is 67.4 Å². The van der Waals surface area contributed by atoms with Gasteiger partial charge in [-0.05, 0) is 51.5 Å². The van der Waals surface area contributed by atoms with E-state index in [9.17, 15) is 13.2 Å². The molecule has 0 unspecified atom stereocenters. The Morgan fingerprint density at radius 1 is 1.14 bits per heavy atom. The van der Waals surface area contributed by atoms with Crippen LogP contribution < -0.4 is 5.73 Å². The van der Waals surface area contributed by atoms with E-state index in [-0.39, 0.29) is 30.6 Å². The molecule has 6 nitrogen and oxygen atoms in total. The zero-order valence-corrected chi connectivity index (χ0v) is 16.5. The molecule has 2 aliphatic rings. The van der Waals surface area contributed by atoms with Gasteiger partial charge in [-0.2, -0.15) is 18.3 Å². The molecule has 29 heavy (non-hydrogen) atoms. The summed E-state index contributed by atoms with van der Waals surface area (Å²) in [4.78, 5) is 6.47. The van der Waals surface area contributed by atoms with Crippen LogP contribution in [0.25, 0.3) is 5.65 Å². The van der Waals surface area contributed by atoms with Crippen LogP contribution in [0.2, 0.25) is 0 Å². The maximum absolute atomic E-state index is 13.0. The van der Waals surface area contributed by atoms with Crippen molar-refractivity contribution in [3.05, 3.63) is 29.2 Å². The maximum Gasteiger partial charge on any atom is 0.391 e. The average molecular weight is 408 g/mol. The van der Waals surface area contributed by atoms with Crippen molar-refractivity contribution < 1.29 is 13.2 Å². The van der Waals surface area contributed by atoms with E-state index in [1.165, 1.54) is 0 Å². The monoisotopic (exact) mass is 408 g/mol. The molecule has 1 atom stereocenters. The normalized spacial score (nSPS) is 26.1. The minimum Gasteiger partial charge on any atom is -0.370 e. The second kappa shape index (κ2) is 7.50. The summed E-state index contributed by atoms with van der Waals surface area (Å²) in [5.41, 5.74) is 9.19. The molecule has 2 aromatic rings. The number of rotatable bonds is 2. The summed E-state index contributed by atoms with van der Waals surface area (Å²) in [7, 11) is 0. The first-order chi connectivity index (χ1) is 13.7. The summed E-state index contributed by atoms with van der Waals surface area (Å²) in [6.45, 7) is 3.39. The van der Waals surface area contributed by atoms with Gasteiger partial charge < -0.3 is 10.6 Å². The molecule has 0 spiro atoms. The molecular weight excluding hydrogens is 381 g/mol. The number of halogens is 3. The van der Waals surface area contributed by atoms with Crippen LogP contribution in [-0.4, -0.2) is 44.7 Å². The first kappa shape index (κ1) is 20.0. The smallest absolute Gasteiger partial charge is 0.370 e. The lowest BCUT2D eigenvalue weighted by molar-refractivity contribution is -0.182. The number of fused-ring (bicyclic) bond motifs is 1. The van der Waals surface area contributed by atoms with Gasteiger partial charge >= 0.3 is 6.18 Å². The predicted octanol–water partition coefficient (Wildman–Crippen LogP) is 3.95. The van der Waals surface area contributed by atoms with Gasteiger partial charge in [-0.3, -0.25) is 5.41 Å². The highest BCUT2D eigenvalue weighted by atomic mass is 19.4. The third-order valence-electron chi connectivity index (χ3n) is 6.39. The van der Waals surface area contributed by atoms with Crippen LogP contribution in [-0.2, 0) is 0 Å². The van der Waals surface area contributed by atoms with Gasteiger partial charge in [-0.15, -0.1) is 0 Å². The fourth-order valence-electron chi connectivity index (χ4n) is 4.79. The summed E-state index contributed by atoms with van der Waals surface area (Å²) < 4.78 is 40.8. The van der Waals surface area contributed by atoms with Crippen molar-refractivity contribution in [2.24, 2.45) is 11.7 Å². The molecule has 1 aliphatic carbocycles. The van der Waals surface area contributed by atoms with E-state index < -0.39 is 12.1 Å². The minimum atomic E-state index is -4.10. The molecule has 0 bridgehead atoms. The molecule has 2 fully saturated rings. The highest BCUT2D eigenvalue weighted by Gasteiger charge is 2.42. The molecule has 3 N–H and O–H groups in total. The van der Waals surface area contributed by atoms with E-state index in [1.807, 2.05) is 28.5 Å². The Kier molecular flexibility index (Phi) is 5.16. The summed E-state index contributed by atoms with van der Waals surface area (Å²) in [6.07, 6.45) is -0.834. The Morgan fingerprint density at radius 3 is 2.52 bits per heavy atom. The third-order valence-corrected chi connectivity index (χ3v) is 6.39. The molecular formula is C20H27F3N6. The second-order valence-electron chi connectivity index (χ2n) is 8.42. The molecule has 4 rings (SSSR count). The molecule has 9 heteroatoms. The molecule has 158 valence electrons. The van der Waals surface area contributed by atoms with E-state index in [1.54, 1.807) is 0 Å². The molecule has 1 saturated carbocycles. The first-order valence-corrected chi connectivity index (χ1v) is 10.2. The van der Waals surface area contributed by atoms with Gasteiger partial charge in [0.1, 0.15) is 0 Å². The molecule has 0 radical (unpaired) electrons. The molecule has 0 amide bonds. The van der Waals surface area contributed by atoms with Gasteiger partial charge in [-0.25, -0.2) is 9.50 Å². The van der Waals surface area contributed by atoms with Gasteiger partial charge in [0.25, 0.3) is 0 Å². The summed E-state index contributed by atoms with van der Waals surface area (Å²) in [6, 6.07) is 3.96. The Labute approximate surface area is 167 Å². The van der Waals surface area contributed by atoms with Crippen LogP contribution in [0.5, 0.6) is 0 Å². The lowest BCUT2D eigenvalue weighted by atomic mass is 9.80. The van der Waals surface area contributed by atoms with Crippen LogP contribution in [0, 0.1) is 18.3 Å². The molecule has 3 heterocycles. The van der Waals surface area contributed by atoms with Gasteiger partial charge in [0, 0.05) is 36.7 Å². The highest BCUT2D eigenvalue weighted by molar-refractivity contribution is 5.74. The number of nitrogens with two attached hydrogens (primary N) is 1. The number of nitrogens with one attached hydrogen (secondary N) is 1. The van der Waals surface area contributed by atoms with E-state index in [2.05, 4.69) is 4.98 Å². The summed E-state index contributed by atoms with van der Waals surface area (Å²) in [5.74, 6) is -0.875. The van der Waals surface area contributed by atoms with Crippen LogP contribution in [0.4, 0.5) is 13.2 Å². The SMILES string of the molecule is Cc1cc([C@@H]2CCCN(C(=N)N)C2)n2nc([C@H]3CC[C@H](C(F)(F)F)CC3)cc2n1. The van der Waals surface area contributed by atoms with Crippen molar-refractivity contribution in [2.75, 3.05) is 13.1 Å². The number of hydrogen-bond donors (Lipinski definition) is 2. The molecule has 0 aromatic carbocycles. The fourth-order valence-corrected chi connectivity index (χ4v) is 4.79. The van der Waals surface area contributed by atoms with Crippen LogP contribution in [0.3, 0.4) is 0 Å². The number of guanidine groups is 1. The van der Waals surface area contributed by atoms with Crippen molar-refractivity contribution in [3.63, 3.8) is 0 Å². The van der Waals surface area contributed by atoms with Crippen molar-refractivity contribution >= 4 is 11.6 Å². The number of alkyl halides is 3. The maximum atomic E-state index is 13.0. The van der Waals surface area contributed by atoms with Gasteiger partial charge in [0.15, 0.2) is 11.6 Å². The zero-order valence-electron chi connectivity index (χ0n) is 16.5. The lowest BCUT2D eigenvalue weighted by Gasteiger charge is -2.33. The Balaban J connectivity index is 1.60. The number of nitrogens with zero attached hydrogens (tertiary/aromatic N) is 4. The average Bonchev–Trinajstić information content (AvgIpc) is 3.10. The summed E-state index contributed by atoms with van der Waals surface area (Å²) >= 11 is 0. The van der Waals surface area contributed by atoms with Crippen LogP contribution in [0.15, 0.2) is 12.1 Å². The topological polar surface area (TPSA) is 83.3 Å². The van der Waals surface area contributed by atoms with Crippen molar-refractivity contribution in [1.82, 2.24) is 19.5 Å². The quantitative estimate of drug-likeness (QED) is 0.582. The van der Waals surface area contributed by atoms with Crippen molar-refractivity contribution in [1.29, 1.82) is 5.41 Å². The summed E-state index contributed by atoms with van der Waals surface area (Å²) in [5, 5.41) is 12.5. The van der Waals surface area contributed by atoms with Crippen LogP contribution >= 0.6 is 0 Å². The van der Waals surface area contributed by atoms with E-state index >= 15 is 0 Å². The predicted molar refractivity (Wildman–Crippen MR) is 104 cm³/mol. The van der Waals surface area contributed by atoms with Gasteiger partial charge in [-0.1, -0.05) is 0 Å². The largest absolute Gasteiger partial charge is 0.391 e. The highest BCUT2D eigenvalue weighted by Crippen LogP contribution is 2.42. The molecule has 2 aromatic heterocycles. The standard InChI is InChI=1S/C20H27F3N6/c1-12-9-17(14-3-2-8-28(11-14)19(24)25)29-18(26-12)10-16(27-29)13-4-6-15(7-5-13)20(21,22)23/h9-10,13-15H,2-8,11H2,1H3,(H3,24,25)/t13-,14-,15-/m1/s1. The van der Waals surface area contributed by atoms with Gasteiger partial charge in [0.2, 0.25) is 0 Å². The lowest BCUT2D eigenvalue weighted by Crippen LogP contribution is -2.43. The molecule has 1 saturated heterocycles. The van der Waals surface area contributed by atoms with Crippen molar-refractivity contribution in [3.8, 4) is 0 Å². The Bertz CT molecular complexity index is 897. The number of aryl methyl sites for hydroxylation is 1. The first-order valence-electron chi connectivity index (χ1n) is 10.2. The van der Waals surface area contributed by atoms with Gasteiger partial charge in [0.05, 0.1) is 17.3 Å². The zero-order chi connectivity index (χ0) is 20.8. The van der Waals surface area contributed by atoms with E-state index in [0.717, 1.165) is 42.1 Å². The Morgan fingerprint density at radius 2 is 1.86 bits per heavy atom. The fraction of sp³-hybridized carbons (Fsp3) is 0.650. The number of aromatic nitrogens is 3. The number of hydrogen-bond acceptors (Lipinski definition) is 3. The van der Waals surface area contributed by atoms with E-state index in [0.29, 0.717) is 19.4 Å². The minimum absolute atomic E-state index is 0.0449.